The zero-order valence-electron chi connectivity index (χ0n) is 35.0. The number of carbonyl (C=O) groups excluding carboxylic acids is 5. The lowest BCUT2D eigenvalue weighted by molar-refractivity contribution is -0.139. The molecule has 0 unspecified atom stereocenters. The van der Waals surface area contributed by atoms with Crippen molar-refractivity contribution >= 4 is 40.4 Å². The summed E-state index contributed by atoms with van der Waals surface area (Å²) < 4.78 is 5.58. The lowest BCUT2D eigenvalue weighted by atomic mass is 9.98. The van der Waals surface area contributed by atoms with Crippen LogP contribution in [0.2, 0.25) is 0 Å². The van der Waals surface area contributed by atoms with Gasteiger partial charge in [0.15, 0.2) is 0 Å². The Balaban J connectivity index is 1.56. The summed E-state index contributed by atoms with van der Waals surface area (Å²) in [6, 6.07) is 14.2. The van der Waals surface area contributed by atoms with Crippen LogP contribution >= 0.6 is 0 Å². The number of aromatic nitrogens is 1. The van der Waals surface area contributed by atoms with Gasteiger partial charge in [0.05, 0.1) is 13.2 Å². The zero-order valence-corrected chi connectivity index (χ0v) is 35.0. The van der Waals surface area contributed by atoms with E-state index in [0.29, 0.717) is 37.9 Å². The molecule has 2 aromatic carbocycles. The van der Waals surface area contributed by atoms with Gasteiger partial charge in [-0.1, -0.05) is 96.1 Å². The molecule has 12 nitrogen and oxygen atoms in total. The van der Waals surface area contributed by atoms with Crippen LogP contribution in [0.1, 0.15) is 71.9 Å². The smallest absolute Gasteiger partial charge is 0.257 e. The molecule has 3 aromatic rings. The van der Waals surface area contributed by atoms with Gasteiger partial charge in [-0.3, -0.25) is 33.8 Å². The van der Waals surface area contributed by atoms with E-state index >= 15 is 0 Å². The molecule has 5 atom stereocenters. The Kier molecular flexibility index (Phi) is 16.2. The first-order valence-electron chi connectivity index (χ1n) is 20.1. The van der Waals surface area contributed by atoms with Crippen LogP contribution in [0.15, 0.2) is 84.8 Å². The Morgan fingerprint density at radius 1 is 0.842 bits per heavy atom. The van der Waals surface area contributed by atoms with Gasteiger partial charge in [0.2, 0.25) is 17.7 Å². The van der Waals surface area contributed by atoms with Crippen molar-refractivity contribution in [2.75, 3.05) is 21.2 Å². The van der Waals surface area contributed by atoms with Crippen LogP contribution in [0.4, 0.5) is 0 Å². The molecule has 0 saturated carbocycles. The number of aryl methyl sites for hydroxylation is 1. The molecule has 4 rings (SSSR count). The Morgan fingerprint density at radius 2 is 1.44 bits per heavy atom. The topological polar surface area (TPSA) is 153 Å². The van der Waals surface area contributed by atoms with Gasteiger partial charge < -0.3 is 25.7 Å². The number of fused-ring (bicyclic) bond motifs is 1. The van der Waals surface area contributed by atoms with E-state index in [9.17, 15) is 24.0 Å². The van der Waals surface area contributed by atoms with Gasteiger partial charge in [-0.25, -0.2) is 0 Å². The summed E-state index contributed by atoms with van der Waals surface area (Å²) in [5, 5.41) is 9.99. The molecular formula is C45H62N6O6. The van der Waals surface area contributed by atoms with Gasteiger partial charge in [-0.05, 0) is 74.7 Å². The first kappa shape index (κ1) is 44.5. The number of methoxy groups -OCH3 is 1. The molecule has 0 fully saturated rings. The largest absolute Gasteiger partial charge is 0.499 e. The van der Waals surface area contributed by atoms with E-state index in [1.54, 1.807) is 6.08 Å². The molecule has 0 radical (unpaired) electrons. The molecule has 0 saturated heterocycles. The second kappa shape index (κ2) is 20.8. The standard InChI is InChI=1S/C45H62N6O6/c1-28(2)23-36(48-44(55)37(24-29(3)4)49-45(56)42(30(5)6)50(7)8)43(54)47-33(20-19-31-15-11-10-12-16-31)21-22-40(52)51-38(39(57-9)26-41(51)53)25-32-27-46-35-18-14-13-17-34(32)35/h10-18,21-22,26-30,33,36-38,42,46H,19-20,23-25H2,1-9H3,(H,47,54)(H,48,55)(H,49,56)/t33-,36-,37-,38-,42-/m0/s1. The predicted molar refractivity (Wildman–Crippen MR) is 224 cm³/mol. The number of hydrogen-bond acceptors (Lipinski definition) is 7. The van der Waals surface area contributed by atoms with Crippen molar-refractivity contribution in [3.8, 4) is 0 Å². The fraction of sp³-hybridized carbons (Fsp3) is 0.489. The van der Waals surface area contributed by atoms with Gasteiger partial charge in [-0.2, -0.15) is 0 Å². The summed E-state index contributed by atoms with van der Waals surface area (Å²) in [5.74, 6) is -1.55. The molecule has 0 aliphatic carbocycles. The summed E-state index contributed by atoms with van der Waals surface area (Å²) in [7, 11) is 5.15. The summed E-state index contributed by atoms with van der Waals surface area (Å²) in [4.78, 5) is 74.9. The first-order valence-corrected chi connectivity index (χ1v) is 20.1. The SMILES string of the molecule is COC1=CC(=O)N(C(=O)C=C[C@H](CCc2ccccc2)NC(=O)[C@H](CC(C)C)NC(=O)[C@H](CC(C)C)NC(=O)[C@H](C(C)C)N(C)C)[C@H]1Cc1c[nH]c2ccccc12. The van der Waals surface area contributed by atoms with Crippen LogP contribution in [-0.2, 0) is 41.6 Å². The molecule has 1 aliphatic heterocycles. The van der Waals surface area contributed by atoms with Crippen LogP contribution < -0.4 is 16.0 Å². The number of aromatic amines is 1. The van der Waals surface area contributed by atoms with E-state index < -0.39 is 53.8 Å². The molecule has 5 amide bonds. The maximum atomic E-state index is 14.1. The summed E-state index contributed by atoms with van der Waals surface area (Å²) in [6.45, 7) is 11.8. The number of ether oxygens (including phenoxy) is 1. The highest BCUT2D eigenvalue weighted by Gasteiger charge is 2.38. The van der Waals surface area contributed by atoms with E-state index in [2.05, 4.69) is 20.9 Å². The fourth-order valence-corrected chi connectivity index (χ4v) is 7.54. The van der Waals surface area contributed by atoms with Crippen molar-refractivity contribution in [2.45, 2.75) is 104 Å². The highest BCUT2D eigenvalue weighted by molar-refractivity contribution is 6.08. The number of likely N-dealkylation sites (N-methyl/N-ethyl adjacent to an activating group) is 1. The minimum absolute atomic E-state index is 0.0160. The summed E-state index contributed by atoms with van der Waals surface area (Å²) in [5.41, 5.74) is 2.94. The average molecular weight is 783 g/mol. The Morgan fingerprint density at radius 3 is 2.04 bits per heavy atom. The number of nitrogens with zero attached hydrogens (tertiary/aromatic N) is 2. The van der Waals surface area contributed by atoms with E-state index in [4.69, 9.17) is 4.74 Å². The maximum Gasteiger partial charge on any atom is 0.257 e. The predicted octanol–water partition coefficient (Wildman–Crippen LogP) is 5.30. The van der Waals surface area contributed by atoms with E-state index in [-0.39, 0.29) is 23.7 Å². The van der Waals surface area contributed by atoms with Crippen LogP contribution in [0.5, 0.6) is 0 Å². The third-order valence-corrected chi connectivity index (χ3v) is 10.2. The van der Waals surface area contributed by atoms with Gasteiger partial charge in [0, 0.05) is 41.7 Å². The number of imide groups is 1. The highest BCUT2D eigenvalue weighted by Crippen LogP contribution is 2.28. The maximum absolute atomic E-state index is 14.1. The Bertz CT molecular complexity index is 1890. The molecule has 308 valence electrons. The number of amides is 5. The molecule has 57 heavy (non-hydrogen) atoms. The number of para-hydroxylation sites is 1. The van der Waals surface area contributed by atoms with Crippen molar-refractivity contribution < 1.29 is 28.7 Å². The van der Waals surface area contributed by atoms with E-state index in [1.807, 2.05) is 121 Å². The van der Waals surface area contributed by atoms with E-state index in [0.717, 1.165) is 22.0 Å². The zero-order chi connectivity index (χ0) is 41.8. The van der Waals surface area contributed by atoms with Crippen molar-refractivity contribution in [3.05, 3.63) is 95.9 Å². The quantitative estimate of drug-likeness (QED) is 0.114. The second-order valence-electron chi connectivity index (χ2n) is 16.4. The van der Waals surface area contributed by atoms with Crippen molar-refractivity contribution in [3.63, 3.8) is 0 Å². The molecule has 0 bridgehead atoms. The van der Waals surface area contributed by atoms with Gasteiger partial charge in [0.25, 0.3) is 11.8 Å². The number of H-pyrrole nitrogens is 1. The van der Waals surface area contributed by atoms with Crippen LogP contribution in [0.3, 0.4) is 0 Å². The normalized spacial score (nSPS) is 16.6. The number of hydrogen-bond donors (Lipinski definition) is 4. The summed E-state index contributed by atoms with van der Waals surface area (Å²) >= 11 is 0. The van der Waals surface area contributed by atoms with Crippen molar-refractivity contribution in [2.24, 2.45) is 17.8 Å². The molecule has 2 heterocycles. The summed E-state index contributed by atoms with van der Waals surface area (Å²) in [6.07, 6.45) is 8.32. The third kappa shape index (κ3) is 12.4. The highest BCUT2D eigenvalue weighted by atomic mass is 16.5. The van der Waals surface area contributed by atoms with Crippen LogP contribution in [-0.4, -0.2) is 95.7 Å². The molecule has 0 spiro atoms. The molecule has 12 heteroatoms. The monoisotopic (exact) mass is 782 g/mol. The number of carbonyl (C=O) groups is 5. The van der Waals surface area contributed by atoms with Crippen LogP contribution in [0.25, 0.3) is 10.9 Å². The number of nitrogens with one attached hydrogen (secondary N) is 4. The van der Waals surface area contributed by atoms with Crippen molar-refractivity contribution in [1.82, 2.24) is 30.7 Å². The van der Waals surface area contributed by atoms with Crippen LogP contribution in [0, 0.1) is 17.8 Å². The van der Waals surface area contributed by atoms with Crippen molar-refractivity contribution in [1.29, 1.82) is 0 Å². The average Bonchev–Trinajstić information content (AvgIpc) is 3.71. The second-order valence-corrected chi connectivity index (χ2v) is 16.4. The number of benzene rings is 2. The lowest BCUT2D eigenvalue weighted by Gasteiger charge is -2.30. The van der Waals surface area contributed by atoms with Gasteiger partial charge in [0.1, 0.15) is 23.9 Å². The third-order valence-electron chi connectivity index (χ3n) is 10.2. The molecular weight excluding hydrogens is 721 g/mol. The molecule has 1 aromatic heterocycles. The minimum Gasteiger partial charge on any atom is -0.499 e. The Labute approximate surface area is 337 Å². The van der Waals surface area contributed by atoms with Gasteiger partial charge in [-0.15, -0.1) is 0 Å². The molecule has 1 aliphatic rings. The number of rotatable bonds is 20. The first-order chi connectivity index (χ1) is 27.1. The minimum atomic E-state index is -0.906. The Hall–Kier alpha value is -5.23. The molecule has 4 N–H and O–H groups in total. The van der Waals surface area contributed by atoms with E-state index in [1.165, 1.54) is 24.2 Å². The lowest BCUT2D eigenvalue weighted by Crippen LogP contribution is -2.57. The van der Waals surface area contributed by atoms with Gasteiger partial charge >= 0.3 is 0 Å². The fourth-order valence-electron chi connectivity index (χ4n) is 7.54.